The average Bonchev–Trinajstić information content (AvgIpc) is 2.64. The molecule has 1 fully saturated rings. The third-order valence-corrected chi connectivity index (χ3v) is 4.02. The van der Waals surface area contributed by atoms with Crippen LogP contribution in [0.2, 0.25) is 0 Å². The van der Waals surface area contributed by atoms with E-state index in [-0.39, 0.29) is 10.4 Å². The molecule has 0 bridgehead atoms. The zero-order valence-corrected chi connectivity index (χ0v) is 10.7. The van der Waals surface area contributed by atoms with Gasteiger partial charge in [-0.3, -0.25) is 9.69 Å². The van der Waals surface area contributed by atoms with Crippen molar-refractivity contribution in [1.82, 2.24) is 15.2 Å². The van der Waals surface area contributed by atoms with Crippen molar-refractivity contribution in [3.63, 3.8) is 0 Å². The summed E-state index contributed by atoms with van der Waals surface area (Å²) in [5.41, 5.74) is 1.25. The Hall–Kier alpha value is -0.650. The minimum absolute atomic E-state index is 0.0448. The summed E-state index contributed by atoms with van der Waals surface area (Å²) in [6.07, 6.45) is 1.13. The Morgan fingerprint density at radius 1 is 1.62 bits per heavy atom. The lowest BCUT2D eigenvalue weighted by Crippen LogP contribution is -2.58. The maximum Gasteiger partial charge on any atom is 0.304 e. The number of nitrogens with zero attached hydrogens (tertiary/aromatic N) is 1. The van der Waals surface area contributed by atoms with Crippen LogP contribution >= 0.6 is 11.3 Å². The predicted molar refractivity (Wildman–Crippen MR) is 66.9 cm³/mol. The van der Waals surface area contributed by atoms with Gasteiger partial charge in [0.25, 0.3) is 0 Å². The van der Waals surface area contributed by atoms with Crippen LogP contribution in [0.5, 0.6) is 0 Å². The highest BCUT2D eigenvalue weighted by molar-refractivity contribution is 7.07. The second kappa shape index (κ2) is 4.69. The molecular formula is C11H19N3OS. The molecule has 0 saturated carbocycles. The van der Waals surface area contributed by atoms with Crippen LogP contribution in [0.25, 0.3) is 0 Å². The molecule has 1 atom stereocenters. The molecule has 5 heteroatoms. The molecule has 1 aromatic rings. The number of hydrogen-bond donors (Lipinski definition) is 2. The summed E-state index contributed by atoms with van der Waals surface area (Å²) in [6.45, 7) is 8.45. The van der Waals surface area contributed by atoms with Gasteiger partial charge in [0.1, 0.15) is 0 Å². The number of nitrogens with one attached hydrogen (secondary N) is 2. The summed E-state index contributed by atoms with van der Waals surface area (Å²) in [5, 5.41) is 5.48. The molecule has 1 saturated heterocycles. The molecule has 2 heterocycles. The first-order chi connectivity index (χ1) is 7.61. The van der Waals surface area contributed by atoms with Crippen molar-refractivity contribution in [3.8, 4) is 0 Å². The molecular weight excluding hydrogens is 222 g/mol. The maximum atomic E-state index is 11.0. The zero-order valence-electron chi connectivity index (χ0n) is 9.88. The van der Waals surface area contributed by atoms with Crippen LogP contribution in [0.1, 0.15) is 26.0 Å². The number of aromatic nitrogens is 1. The summed E-state index contributed by atoms with van der Waals surface area (Å²) >= 11 is 1.25. The Kier molecular flexibility index (Phi) is 3.47. The van der Waals surface area contributed by atoms with E-state index in [1.54, 1.807) is 0 Å². The molecule has 90 valence electrons. The number of piperazine rings is 1. The van der Waals surface area contributed by atoms with E-state index < -0.39 is 0 Å². The lowest BCUT2D eigenvalue weighted by molar-refractivity contribution is 0.132. The molecule has 0 radical (unpaired) electrons. The van der Waals surface area contributed by atoms with Gasteiger partial charge < -0.3 is 10.3 Å². The fourth-order valence-corrected chi connectivity index (χ4v) is 2.72. The molecule has 0 amide bonds. The van der Waals surface area contributed by atoms with Gasteiger partial charge in [-0.05, 0) is 13.3 Å². The molecule has 2 rings (SSSR count). The van der Waals surface area contributed by atoms with Crippen molar-refractivity contribution >= 4 is 11.3 Å². The molecule has 0 aromatic carbocycles. The topological polar surface area (TPSA) is 48.1 Å². The lowest BCUT2D eigenvalue weighted by atomic mass is 9.96. The second-order valence-electron chi connectivity index (χ2n) is 4.73. The van der Waals surface area contributed by atoms with Crippen molar-refractivity contribution in [2.75, 3.05) is 19.6 Å². The lowest BCUT2D eigenvalue weighted by Gasteiger charge is -2.40. The molecule has 1 unspecified atom stereocenters. The first-order valence-electron chi connectivity index (χ1n) is 5.75. The minimum atomic E-state index is 0.0448. The molecule has 4 nitrogen and oxygen atoms in total. The molecule has 1 aliphatic heterocycles. The van der Waals surface area contributed by atoms with Gasteiger partial charge in [-0.1, -0.05) is 18.3 Å². The van der Waals surface area contributed by atoms with Gasteiger partial charge in [0.15, 0.2) is 0 Å². The first-order valence-corrected chi connectivity index (χ1v) is 6.63. The van der Waals surface area contributed by atoms with E-state index >= 15 is 0 Å². The van der Waals surface area contributed by atoms with Gasteiger partial charge >= 0.3 is 4.87 Å². The summed E-state index contributed by atoms with van der Waals surface area (Å²) in [4.78, 5) is 16.4. The van der Waals surface area contributed by atoms with E-state index in [0.717, 1.165) is 38.3 Å². The van der Waals surface area contributed by atoms with Gasteiger partial charge in [0.05, 0.1) is 0 Å². The van der Waals surface area contributed by atoms with Crippen molar-refractivity contribution in [2.45, 2.75) is 32.4 Å². The molecule has 0 spiro atoms. The van der Waals surface area contributed by atoms with Crippen molar-refractivity contribution < 1.29 is 0 Å². The van der Waals surface area contributed by atoms with Gasteiger partial charge in [-0.15, -0.1) is 0 Å². The van der Waals surface area contributed by atoms with Crippen LogP contribution < -0.4 is 10.2 Å². The van der Waals surface area contributed by atoms with Crippen LogP contribution in [0.4, 0.5) is 0 Å². The Morgan fingerprint density at radius 3 is 3.06 bits per heavy atom. The Balaban J connectivity index is 1.98. The van der Waals surface area contributed by atoms with Gasteiger partial charge in [0.2, 0.25) is 0 Å². The van der Waals surface area contributed by atoms with E-state index in [0.29, 0.717) is 0 Å². The van der Waals surface area contributed by atoms with Crippen LogP contribution in [-0.2, 0) is 6.54 Å². The highest BCUT2D eigenvalue weighted by Crippen LogP contribution is 2.16. The molecule has 0 aliphatic carbocycles. The van der Waals surface area contributed by atoms with E-state index in [9.17, 15) is 4.79 Å². The normalized spacial score (nSPS) is 27.1. The maximum absolute atomic E-state index is 11.0. The van der Waals surface area contributed by atoms with E-state index in [4.69, 9.17) is 0 Å². The summed E-state index contributed by atoms with van der Waals surface area (Å²) in [6, 6.07) is 0. The number of thiazole rings is 1. The van der Waals surface area contributed by atoms with Crippen molar-refractivity contribution in [1.29, 1.82) is 0 Å². The van der Waals surface area contributed by atoms with Gasteiger partial charge in [-0.25, -0.2) is 0 Å². The van der Waals surface area contributed by atoms with Crippen LogP contribution in [0, 0.1) is 0 Å². The number of rotatable bonds is 3. The first kappa shape index (κ1) is 11.8. The predicted octanol–water partition coefficient (Wildman–Crippen LogP) is 1.01. The van der Waals surface area contributed by atoms with Crippen molar-refractivity contribution in [2.24, 2.45) is 0 Å². The van der Waals surface area contributed by atoms with E-state index in [1.807, 2.05) is 5.38 Å². The second-order valence-corrected chi connectivity index (χ2v) is 5.57. The van der Waals surface area contributed by atoms with Gasteiger partial charge in [0, 0.05) is 42.8 Å². The van der Waals surface area contributed by atoms with Crippen LogP contribution in [0.3, 0.4) is 0 Å². The summed E-state index contributed by atoms with van der Waals surface area (Å²) in [5.74, 6) is 0. The minimum Gasteiger partial charge on any atom is -0.315 e. The third kappa shape index (κ3) is 2.72. The zero-order chi connectivity index (χ0) is 11.6. The fourth-order valence-electron chi connectivity index (χ4n) is 2.15. The summed E-state index contributed by atoms with van der Waals surface area (Å²) in [7, 11) is 0. The third-order valence-electron chi connectivity index (χ3n) is 3.30. The smallest absolute Gasteiger partial charge is 0.304 e. The highest BCUT2D eigenvalue weighted by Gasteiger charge is 2.28. The van der Waals surface area contributed by atoms with E-state index in [2.05, 4.69) is 29.0 Å². The van der Waals surface area contributed by atoms with E-state index in [1.165, 1.54) is 11.3 Å². The van der Waals surface area contributed by atoms with Crippen molar-refractivity contribution in [3.05, 3.63) is 20.7 Å². The van der Waals surface area contributed by atoms with Crippen LogP contribution in [-0.4, -0.2) is 35.1 Å². The number of hydrogen-bond acceptors (Lipinski definition) is 4. The Bertz CT molecular complexity index is 400. The molecule has 1 aliphatic rings. The monoisotopic (exact) mass is 241 g/mol. The largest absolute Gasteiger partial charge is 0.315 e. The van der Waals surface area contributed by atoms with Crippen LogP contribution in [0.15, 0.2) is 10.2 Å². The fraction of sp³-hybridized carbons (Fsp3) is 0.727. The number of aromatic amines is 1. The standard InChI is InChI=1S/C11H19N3OS/c1-3-11(2)8-14(5-4-12-11)6-9-7-16-10(15)13-9/h7,12H,3-6,8H2,1-2H3,(H,13,15). The Morgan fingerprint density at radius 2 is 2.44 bits per heavy atom. The Labute approximate surface area is 99.7 Å². The molecule has 2 N–H and O–H groups in total. The average molecular weight is 241 g/mol. The number of H-pyrrole nitrogens is 1. The molecule has 1 aromatic heterocycles. The quantitative estimate of drug-likeness (QED) is 0.830. The summed E-state index contributed by atoms with van der Waals surface area (Å²) < 4.78 is 0. The molecule has 16 heavy (non-hydrogen) atoms. The SMILES string of the molecule is CCC1(C)CN(Cc2csc(=O)[nH]2)CCN1. The van der Waals surface area contributed by atoms with Gasteiger partial charge in [-0.2, -0.15) is 0 Å². The highest BCUT2D eigenvalue weighted by atomic mass is 32.1.